The van der Waals surface area contributed by atoms with Crippen LogP contribution in [0.15, 0.2) is 53.4 Å². The Hall–Kier alpha value is -1.16. The van der Waals surface area contributed by atoms with E-state index in [0.717, 1.165) is 17.7 Å². The molecule has 0 bridgehead atoms. The predicted molar refractivity (Wildman–Crippen MR) is 104 cm³/mol. The van der Waals surface area contributed by atoms with Crippen molar-refractivity contribution in [2.24, 2.45) is 0 Å². The van der Waals surface area contributed by atoms with Crippen molar-refractivity contribution in [1.82, 2.24) is 5.32 Å². The molecule has 24 heavy (non-hydrogen) atoms. The molecule has 2 atom stereocenters. The highest BCUT2D eigenvalue weighted by molar-refractivity contribution is 8.00. The van der Waals surface area contributed by atoms with E-state index in [9.17, 15) is 4.79 Å². The molecule has 0 spiro atoms. The number of benzene rings is 2. The number of thioether (sulfide) groups is 1. The summed E-state index contributed by atoms with van der Waals surface area (Å²) >= 11 is 13.7. The van der Waals surface area contributed by atoms with Gasteiger partial charge >= 0.3 is 0 Å². The summed E-state index contributed by atoms with van der Waals surface area (Å²) < 4.78 is 0. The largest absolute Gasteiger partial charge is 0.353 e. The van der Waals surface area contributed by atoms with Crippen LogP contribution in [0.25, 0.3) is 0 Å². The molecule has 0 heterocycles. The van der Waals surface area contributed by atoms with Gasteiger partial charge < -0.3 is 5.32 Å². The van der Waals surface area contributed by atoms with Gasteiger partial charge in [0.05, 0.1) is 15.3 Å². The maximum absolute atomic E-state index is 12.4. The third kappa shape index (κ3) is 5.73. The number of aryl methyl sites for hydroxylation is 1. The summed E-state index contributed by atoms with van der Waals surface area (Å²) in [5.74, 6) is -0.00320. The monoisotopic (exact) mass is 381 g/mol. The van der Waals surface area contributed by atoms with E-state index in [-0.39, 0.29) is 17.2 Å². The fourth-order valence-corrected chi connectivity index (χ4v) is 3.84. The number of nitrogens with one attached hydrogen (secondary N) is 1. The second-order valence-corrected chi connectivity index (χ2v) is 7.91. The quantitative estimate of drug-likeness (QED) is 0.631. The topological polar surface area (TPSA) is 29.1 Å². The molecule has 128 valence electrons. The Bertz CT molecular complexity index is 658. The highest BCUT2D eigenvalue weighted by Crippen LogP contribution is 2.36. The molecule has 0 saturated heterocycles. The molecule has 1 N–H and O–H groups in total. The number of halogens is 2. The van der Waals surface area contributed by atoms with Crippen molar-refractivity contribution in [1.29, 1.82) is 0 Å². The predicted octanol–water partition coefficient (Wildman–Crippen LogP) is 5.61. The summed E-state index contributed by atoms with van der Waals surface area (Å²) in [6.45, 7) is 3.89. The molecule has 0 aliphatic heterocycles. The van der Waals surface area contributed by atoms with Gasteiger partial charge in [0, 0.05) is 10.9 Å². The molecule has 0 unspecified atom stereocenters. The van der Waals surface area contributed by atoms with E-state index in [0.29, 0.717) is 10.0 Å². The number of amides is 1. The molecule has 0 aromatic heterocycles. The van der Waals surface area contributed by atoms with E-state index in [1.165, 1.54) is 17.3 Å². The van der Waals surface area contributed by atoms with Crippen molar-refractivity contribution < 1.29 is 4.79 Å². The highest BCUT2D eigenvalue weighted by atomic mass is 35.5. The van der Waals surface area contributed by atoms with Gasteiger partial charge in [-0.15, -0.1) is 11.8 Å². The molecule has 0 fully saturated rings. The van der Waals surface area contributed by atoms with Gasteiger partial charge in [-0.2, -0.15) is 0 Å². The van der Waals surface area contributed by atoms with E-state index >= 15 is 0 Å². The maximum atomic E-state index is 12.4. The lowest BCUT2D eigenvalue weighted by Crippen LogP contribution is -2.37. The van der Waals surface area contributed by atoms with Gasteiger partial charge in [-0.3, -0.25) is 4.79 Å². The third-order valence-electron chi connectivity index (χ3n) is 3.68. The lowest BCUT2D eigenvalue weighted by molar-refractivity contribution is -0.120. The third-order valence-corrected chi connectivity index (χ3v) is 5.78. The normalized spacial score (nSPS) is 13.3. The second kappa shape index (κ2) is 9.36. The van der Waals surface area contributed by atoms with E-state index in [2.05, 4.69) is 17.4 Å². The van der Waals surface area contributed by atoms with Crippen LogP contribution in [0.3, 0.4) is 0 Å². The molecule has 2 rings (SSSR count). The fraction of sp³-hybridized carbons (Fsp3) is 0.316. The van der Waals surface area contributed by atoms with Gasteiger partial charge in [0.25, 0.3) is 0 Å². The minimum atomic E-state index is -0.262. The van der Waals surface area contributed by atoms with Gasteiger partial charge in [0.1, 0.15) is 0 Å². The molecule has 2 aromatic rings. The van der Waals surface area contributed by atoms with E-state index in [1.54, 1.807) is 18.2 Å². The standard InChI is InChI=1S/C19H21Cl2NOS/c1-13(11-12-15-7-4-3-5-8-15)22-19(23)14(2)24-18-16(20)9-6-10-17(18)21/h3-10,13-14H,11-12H2,1-2H3,(H,22,23)/t13-,14+/m0/s1. The molecular weight excluding hydrogens is 361 g/mol. The number of carbonyl (C=O) groups is 1. The average Bonchev–Trinajstić information content (AvgIpc) is 2.57. The fourth-order valence-electron chi connectivity index (χ4n) is 2.29. The molecule has 0 saturated carbocycles. The van der Waals surface area contributed by atoms with Crippen LogP contribution in [0.5, 0.6) is 0 Å². The lowest BCUT2D eigenvalue weighted by atomic mass is 10.1. The first-order valence-electron chi connectivity index (χ1n) is 7.92. The molecule has 1 amide bonds. The van der Waals surface area contributed by atoms with Crippen LogP contribution in [0, 0.1) is 0 Å². The summed E-state index contributed by atoms with van der Waals surface area (Å²) in [4.78, 5) is 13.1. The first-order valence-corrected chi connectivity index (χ1v) is 9.56. The van der Waals surface area contributed by atoms with Gasteiger partial charge in [0.15, 0.2) is 0 Å². The Morgan fingerprint density at radius 2 is 1.67 bits per heavy atom. The smallest absolute Gasteiger partial charge is 0.233 e. The van der Waals surface area contributed by atoms with Crippen LogP contribution >= 0.6 is 35.0 Å². The molecule has 2 aromatic carbocycles. The Kier molecular flexibility index (Phi) is 7.47. The summed E-state index contributed by atoms with van der Waals surface area (Å²) in [5, 5.41) is 3.95. The van der Waals surface area contributed by atoms with Gasteiger partial charge in [-0.25, -0.2) is 0 Å². The van der Waals surface area contributed by atoms with Crippen molar-refractivity contribution >= 4 is 40.9 Å². The lowest BCUT2D eigenvalue weighted by Gasteiger charge is -2.18. The number of hydrogen-bond donors (Lipinski definition) is 1. The Balaban J connectivity index is 1.84. The van der Waals surface area contributed by atoms with Gasteiger partial charge in [-0.05, 0) is 44.4 Å². The average molecular weight is 382 g/mol. The zero-order valence-electron chi connectivity index (χ0n) is 13.8. The van der Waals surface area contributed by atoms with Crippen molar-refractivity contribution in [2.45, 2.75) is 42.9 Å². The Morgan fingerprint density at radius 1 is 1.04 bits per heavy atom. The second-order valence-electron chi connectivity index (χ2n) is 5.74. The SMILES string of the molecule is C[C@@H](CCc1ccccc1)NC(=O)[C@@H](C)Sc1c(Cl)cccc1Cl. The summed E-state index contributed by atoms with van der Waals surface area (Å²) in [7, 11) is 0. The first kappa shape index (κ1) is 19.2. The summed E-state index contributed by atoms with van der Waals surface area (Å²) in [6, 6.07) is 15.8. The zero-order chi connectivity index (χ0) is 17.5. The van der Waals surface area contributed by atoms with Gasteiger partial charge in [0.2, 0.25) is 5.91 Å². The van der Waals surface area contributed by atoms with E-state index in [1.807, 2.05) is 32.0 Å². The minimum Gasteiger partial charge on any atom is -0.353 e. The van der Waals surface area contributed by atoms with Crippen LogP contribution in [0.4, 0.5) is 0 Å². The zero-order valence-corrected chi connectivity index (χ0v) is 16.1. The molecule has 0 radical (unpaired) electrons. The maximum Gasteiger partial charge on any atom is 0.233 e. The van der Waals surface area contributed by atoms with Crippen LogP contribution < -0.4 is 5.32 Å². The van der Waals surface area contributed by atoms with Crippen LogP contribution in [-0.2, 0) is 11.2 Å². The number of rotatable bonds is 7. The van der Waals surface area contributed by atoms with Crippen molar-refractivity contribution in [2.75, 3.05) is 0 Å². The van der Waals surface area contributed by atoms with Crippen molar-refractivity contribution in [3.8, 4) is 0 Å². The summed E-state index contributed by atoms with van der Waals surface area (Å²) in [6.07, 6.45) is 1.85. The minimum absolute atomic E-state index is 0.00320. The summed E-state index contributed by atoms with van der Waals surface area (Å²) in [5.41, 5.74) is 1.28. The van der Waals surface area contributed by atoms with E-state index in [4.69, 9.17) is 23.2 Å². The molecule has 0 aliphatic rings. The van der Waals surface area contributed by atoms with Crippen LogP contribution in [0.2, 0.25) is 10.0 Å². The molecule has 2 nitrogen and oxygen atoms in total. The molecule has 5 heteroatoms. The van der Waals surface area contributed by atoms with E-state index < -0.39 is 0 Å². The first-order chi connectivity index (χ1) is 11.5. The van der Waals surface area contributed by atoms with Crippen LogP contribution in [0.1, 0.15) is 25.8 Å². The Morgan fingerprint density at radius 3 is 2.29 bits per heavy atom. The van der Waals surface area contributed by atoms with Gasteiger partial charge in [-0.1, -0.05) is 59.6 Å². The number of hydrogen-bond acceptors (Lipinski definition) is 2. The molecular formula is C19H21Cl2NOS. The van der Waals surface area contributed by atoms with Crippen LogP contribution in [-0.4, -0.2) is 17.2 Å². The molecule has 0 aliphatic carbocycles. The highest BCUT2D eigenvalue weighted by Gasteiger charge is 2.19. The number of carbonyl (C=O) groups excluding carboxylic acids is 1. The Labute approximate surface area is 157 Å². The van der Waals surface area contributed by atoms with Crippen molar-refractivity contribution in [3.05, 3.63) is 64.1 Å². The van der Waals surface area contributed by atoms with Crippen molar-refractivity contribution in [3.63, 3.8) is 0 Å².